The van der Waals surface area contributed by atoms with Crippen LogP contribution in [-0.4, -0.2) is 52.6 Å². The monoisotopic (exact) mass is 420 g/mol. The van der Waals surface area contributed by atoms with Crippen molar-refractivity contribution in [3.8, 4) is 0 Å². The summed E-state index contributed by atoms with van der Waals surface area (Å²) in [5.41, 5.74) is 3.11. The van der Waals surface area contributed by atoms with Crippen molar-refractivity contribution in [1.29, 1.82) is 0 Å². The second-order valence-electron chi connectivity index (χ2n) is 10.1. The Morgan fingerprint density at radius 2 is 2.00 bits per heavy atom. The second kappa shape index (κ2) is 7.63. The van der Waals surface area contributed by atoms with Gasteiger partial charge in [-0.3, -0.25) is 14.8 Å². The molecule has 2 amide bonds. The van der Waals surface area contributed by atoms with E-state index in [1.807, 2.05) is 4.90 Å². The van der Waals surface area contributed by atoms with Crippen LogP contribution in [0, 0.1) is 11.3 Å². The van der Waals surface area contributed by atoms with Gasteiger partial charge in [0.1, 0.15) is 0 Å². The van der Waals surface area contributed by atoms with Crippen LogP contribution in [0.25, 0.3) is 0 Å². The Kier molecular flexibility index (Phi) is 5.46. The first-order valence-electron chi connectivity index (χ1n) is 10.6. The number of nitrogens with zero attached hydrogens (tertiary/aromatic N) is 2. The summed E-state index contributed by atoms with van der Waals surface area (Å²) in [7, 11) is 0. The number of piperidine rings is 2. The third kappa shape index (κ3) is 4.20. The van der Waals surface area contributed by atoms with E-state index < -0.39 is 17.9 Å². The lowest BCUT2D eigenvalue weighted by Crippen LogP contribution is -2.59. The number of thiazole rings is 1. The van der Waals surface area contributed by atoms with E-state index in [4.69, 9.17) is 10.2 Å². The Labute approximate surface area is 176 Å². The molecule has 8 heteroatoms. The predicted octanol–water partition coefficient (Wildman–Crippen LogP) is 2.41. The third-order valence-corrected chi connectivity index (χ3v) is 7.88. The molecule has 0 radical (unpaired) electrons. The number of hydrogen-bond acceptors (Lipinski definition) is 6. The zero-order valence-corrected chi connectivity index (χ0v) is 18.3. The molecule has 2 aliphatic heterocycles. The molecule has 3 N–H and O–H groups in total. The first kappa shape index (κ1) is 20.8. The first-order valence-corrected chi connectivity index (χ1v) is 11.5. The van der Waals surface area contributed by atoms with Crippen LogP contribution < -0.4 is 10.8 Å². The minimum Gasteiger partial charge on any atom is -0.341 e. The molecule has 1 spiro atoms. The normalized spacial score (nSPS) is 27.1. The summed E-state index contributed by atoms with van der Waals surface area (Å²) in [6.45, 7) is 8.68. The van der Waals surface area contributed by atoms with Crippen molar-refractivity contribution < 1.29 is 14.8 Å². The van der Waals surface area contributed by atoms with Gasteiger partial charge in [0.05, 0.1) is 22.7 Å². The number of rotatable bonds is 3. The van der Waals surface area contributed by atoms with E-state index in [9.17, 15) is 9.59 Å². The molecular weight excluding hydrogens is 388 g/mol. The van der Waals surface area contributed by atoms with E-state index in [0.717, 1.165) is 37.9 Å². The highest BCUT2D eigenvalue weighted by Crippen LogP contribution is 2.52. The molecule has 2 atom stereocenters. The van der Waals surface area contributed by atoms with Gasteiger partial charge in [-0.1, -0.05) is 20.8 Å². The molecular formula is C21H32N4O3S. The molecule has 1 aliphatic carbocycles. The van der Waals surface area contributed by atoms with Gasteiger partial charge in [-0.15, -0.1) is 11.3 Å². The zero-order valence-electron chi connectivity index (χ0n) is 17.5. The van der Waals surface area contributed by atoms with Gasteiger partial charge in [0.15, 0.2) is 0 Å². The average Bonchev–Trinajstić information content (AvgIpc) is 3.25. The number of nitrogens with one attached hydrogen (secondary N) is 2. The summed E-state index contributed by atoms with van der Waals surface area (Å²) < 4.78 is 0. The molecule has 0 bridgehead atoms. The Morgan fingerprint density at radius 1 is 1.31 bits per heavy atom. The van der Waals surface area contributed by atoms with Crippen LogP contribution in [0.4, 0.5) is 0 Å². The quantitative estimate of drug-likeness (QED) is 0.516. The van der Waals surface area contributed by atoms with Gasteiger partial charge < -0.3 is 10.2 Å². The van der Waals surface area contributed by atoms with Gasteiger partial charge in [-0.25, -0.2) is 10.5 Å². The maximum atomic E-state index is 13.2. The van der Waals surface area contributed by atoms with Crippen molar-refractivity contribution in [2.24, 2.45) is 11.3 Å². The number of likely N-dealkylation sites (tertiary alicyclic amines) is 1. The fourth-order valence-electron chi connectivity index (χ4n) is 4.63. The summed E-state index contributed by atoms with van der Waals surface area (Å²) >= 11 is 1.73. The lowest BCUT2D eigenvalue weighted by molar-refractivity contribution is -0.145. The average molecular weight is 421 g/mol. The fraction of sp³-hybridized carbons (Fsp3) is 0.762. The first-order chi connectivity index (χ1) is 13.7. The van der Waals surface area contributed by atoms with Crippen LogP contribution in [0.5, 0.6) is 0 Å². The summed E-state index contributed by atoms with van der Waals surface area (Å²) in [6.07, 6.45) is 4.65. The van der Waals surface area contributed by atoms with Crippen molar-refractivity contribution in [3.63, 3.8) is 0 Å². The molecule has 2 saturated heterocycles. The van der Waals surface area contributed by atoms with E-state index in [0.29, 0.717) is 25.4 Å². The summed E-state index contributed by atoms with van der Waals surface area (Å²) in [5.74, 6) is -0.572. The van der Waals surface area contributed by atoms with Crippen LogP contribution in [0.15, 0.2) is 5.38 Å². The molecule has 4 rings (SSSR count). The van der Waals surface area contributed by atoms with Crippen LogP contribution >= 0.6 is 11.3 Å². The van der Waals surface area contributed by atoms with E-state index >= 15 is 0 Å². The smallest absolute Gasteiger partial charge is 0.248 e. The van der Waals surface area contributed by atoms with E-state index in [2.05, 4.69) is 31.5 Å². The van der Waals surface area contributed by atoms with Crippen LogP contribution in [0.3, 0.4) is 0 Å². The van der Waals surface area contributed by atoms with Crippen molar-refractivity contribution >= 4 is 23.2 Å². The molecule has 1 aromatic rings. The van der Waals surface area contributed by atoms with Gasteiger partial charge in [-0.2, -0.15) is 0 Å². The maximum Gasteiger partial charge on any atom is 0.248 e. The van der Waals surface area contributed by atoms with Crippen LogP contribution in [0.2, 0.25) is 0 Å². The van der Waals surface area contributed by atoms with E-state index in [1.54, 1.807) is 16.8 Å². The van der Waals surface area contributed by atoms with Crippen molar-refractivity contribution in [3.05, 3.63) is 16.1 Å². The molecule has 0 aromatic carbocycles. The minimum atomic E-state index is -0.544. The fourth-order valence-corrected chi connectivity index (χ4v) is 5.85. The lowest BCUT2D eigenvalue weighted by Gasteiger charge is -2.39. The largest absolute Gasteiger partial charge is 0.341 e. The Hall–Kier alpha value is -1.51. The zero-order chi connectivity index (χ0) is 20.8. The molecule has 3 aliphatic rings. The molecule has 7 nitrogen and oxygen atoms in total. The SMILES string of the molecule is CC(C)(C)c1csc(C2CCN(C(=O)[C@H]3NCC4(CC4)C[C@@H]3C(=O)NO)CC2)n1. The van der Waals surface area contributed by atoms with Gasteiger partial charge >= 0.3 is 0 Å². The molecule has 1 saturated carbocycles. The highest BCUT2D eigenvalue weighted by Gasteiger charge is 2.52. The van der Waals surface area contributed by atoms with Gasteiger partial charge in [0.2, 0.25) is 11.8 Å². The van der Waals surface area contributed by atoms with E-state index in [-0.39, 0.29) is 16.7 Å². The molecule has 3 heterocycles. The Bertz CT molecular complexity index is 775. The highest BCUT2D eigenvalue weighted by atomic mass is 32.1. The highest BCUT2D eigenvalue weighted by molar-refractivity contribution is 7.09. The van der Waals surface area contributed by atoms with Gasteiger partial charge in [0.25, 0.3) is 0 Å². The summed E-state index contributed by atoms with van der Waals surface area (Å²) in [5, 5.41) is 15.8. The molecule has 1 aromatic heterocycles. The maximum absolute atomic E-state index is 13.2. The number of hydroxylamine groups is 1. The summed E-state index contributed by atoms with van der Waals surface area (Å²) in [6, 6.07) is -0.544. The Morgan fingerprint density at radius 3 is 2.55 bits per heavy atom. The van der Waals surface area contributed by atoms with Crippen LogP contribution in [0.1, 0.15) is 69.5 Å². The van der Waals surface area contributed by atoms with Gasteiger partial charge in [-0.05, 0) is 37.5 Å². The number of aromatic nitrogens is 1. The topological polar surface area (TPSA) is 94.6 Å². The van der Waals surface area contributed by atoms with Crippen molar-refractivity contribution in [1.82, 2.24) is 20.7 Å². The van der Waals surface area contributed by atoms with Crippen LogP contribution in [-0.2, 0) is 15.0 Å². The third-order valence-electron chi connectivity index (χ3n) is 6.87. The lowest BCUT2D eigenvalue weighted by atomic mass is 9.81. The van der Waals surface area contributed by atoms with Gasteiger partial charge in [0, 0.05) is 36.3 Å². The number of carbonyl (C=O) groups excluding carboxylic acids is 2. The number of hydrogen-bond donors (Lipinski definition) is 3. The molecule has 0 unspecified atom stereocenters. The number of carbonyl (C=O) groups is 2. The molecule has 29 heavy (non-hydrogen) atoms. The summed E-state index contributed by atoms with van der Waals surface area (Å²) in [4.78, 5) is 32.1. The number of amides is 2. The molecule has 3 fully saturated rings. The van der Waals surface area contributed by atoms with Crippen molar-refractivity contribution in [2.75, 3.05) is 19.6 Å². The minimum absolute atomic E-state index is 0.0120. The van der Waals surface area contributed by atoms with Crippen molar-refractivity contribution in [2.45, 2.75) is 70.3 Å². The second-order valence-corrected chi connectivity index (χ2v) is 11.0. The molecule has 160 valence electrons. The predicted molar refractivity (Wildman–Crippen MR) is 111 cm³/mol. The Balaban J connectivity index is 1.38. The van der Waals surface area contributed by atoms with E-state index in [1.165, 1.54) is 5.01 Å². The standard InChI is InChI=1S/C21H32N4O3S/c1-20(2,3)15-11-29-18(23-15)13-4-8-25(9-5-13)19(27)16-14(17(26)24-28)10-21(6-7-21)12-22-16/h11,13-14,16,22,28H,4-10,12H2,1-3H3,(H,24,26)/t14-,16-/m0/s1.